The second-order valence-corrected chi connectivity index (χ2v) is 5.89. The Morgan fingerprint density at radius 3 is 3.05 bits per heavy atom. The minimum absolute atomic E-state index is 0.369. The Labute approximate surface area is 124 Å². The zero-order chi connectivity index (χ0) is 13.7. The van der Waals surface area contributed by atoms with Gasteiger partial charge in [0.15, 0.2) is 0 Å². The van der Waals surface area contributed by atoms with Crippen LogP contribution in [0.2, 0.25) is 0 Å². The summed E-state index contributed by atoms with van der Waals surface area (Å²) in [5, 5.41) is 0. The van der Waals surface area contributed by atoms with E-state index >= 15 is 0 Å². The van der Waals surface area contributed by atoms with Gasteiger partial charge in [0.25, 0.3) is 0 Å². The summed E-state index contributed by atoms with van der Waals surface area (Å²) < 4.78 is 6.91. The molecule has 0 spiro atoms. The van der Waals surface area contributed by atoms with Crippen molar-refractivity contribution in [3.05, 3.63) is 28.2 Å². The molecule has 19 heavy (non-hydrogen) atoms. The van der Waals surface area contributed by atoms with Crippen LogP contribution in [-0.4, -0.2) is 32.3 Å². The predicted molar refractivity (Wildman–Crippen MR) is 83.8 cm³/mol. The highest BCUT2D eigenvalue weighted by Crippen LogP contribution is 2.28. The highest BCUT2D eigenvalue weighted by Gasteiger charge is 2.21. The van der Waals surface area contributed by atoms with E-state index in [2.05, 4.69) is 46.0 Å². The van der Waals surface area contributed by atoms with Crippen LogP contribution in [0.1, 0.15) is 25.3 Å². The van der Waals surface area contributed by atoms with Gasteiger partial charge in [-0.2, -0.15) is 0 Å². The summed E-state index contributed by atoms with van der Waals surface area (Å²) in [7, 11) is 0. The largest absolute Gasteiger partial charge is 0.377 e. The molecule has 0 amide bonds. The molecule has 1 heterocycles. The second kappa shape index (κ2) is 7.27. The number of nitrogens with two attached hydrogens (primary N) is 1. The lowest BCUT2D eigenvalue weighted by Gasteiger charge is -2.35. The van der Waals surface area contributed by atoms with Crippen LogP contribution in [-0.2, 0) is 11.2 Å². The Hall–Kier alpha value is -0.580. The quantitative estimate of drug-likeness (QED) is 0.904. The van der Waals surface area contributed by atoms with E-state index in [4.69, 9.17) is 10.5 Å². The molecule has 106 valence electrons. The minimum atomic E-state index is 0.369. The predicted octanol–water partition coefficient (Wildman–Crippen LogP) is 2.96. The minimum Gasteiger partial charge on any atom is -0.377 e. The van der Waals surface area contributed by atoms with Crippen molar-refractivity contribution in [1.29, 1.82) is 0 Å². The van der Waals surface area contributed by atoms with Gasteiger partial charge in [0, 0.05) is 29.9 Å². The van der Waals surface area contributed by atoms with Gasteiger partial charge in [-0.05, 0) is 56.5 Å². The smallest absolute Gasteiger partial charge is 0.0750 e. The van der Waals surface area contributed by atoms with Crippen LogP contribution < -0.4 is 10.6 Å². The fraction of sp³-hybridized carbons (Fsp3) is 0.600. The molecule has 0 bridgehead atoms. The van der Waals surface area contributed by atoms with Crippen LogP contribution in [0.3, 0.4) is 0 Å². The second-order valence-electron chi connectivity index (χ2n) is 4.98. The molecule has 0 aliphatic carbocycles. The van der Waals surface area contributed by atoms with Gasteiger partial charge in [0.05, 0.1) is 6.10 Å². The number of piperidine rings is 1. The molecule has 4 heteroatoms. The lowest BCUT2D eigenvalue weighted by molar-refractivity contribution is 0.0526. The fourth-order valence-corrected chi connectivity index (χ4v) is 3.16. The van der Waals surface area contributed by atoms with Gasteiger partial charge < -0.3 is 15.4 Å². The lowest BCUT2D eigenvalue weighted by atomic mass is 10.0. The molecule has 1 saturated heterocycles. The van der Waals surface area contributed by atoms with E-state index in [0.29, 0.717) is 12.6 Å². The van der Waals surface area contributed by atoms with E-state index in [1.165, 1.54) is 24.1 Å². The monoisotopic (exact) mass is 326 g/mol. The Morgan fingerprint density at radius 2 is 2.32 bits per heavy atom. The van der Waals surface area contributed by atoms with E-state index in [-0.39, 0.29) is 0 Å². The van der Waals surface area contributed by atoms with Gasteiger partial charge in [-0.1, -0.05) is 15.9 Å². The third-order valence-electron chi connectivity index (χ3n) is 3.58. The molecule has 1 atom stereocenters. The maximum atomic E-state index is 5.78. The molecule has 1 aromatic rings. The first kappa shape index (κ1) is 14.8. The van der Waals surface area contributed by atoms with Gasteiger partial charge in [-0.25, -0.2) is 0 Å². The van der Waals surface area contributed by atoms with Crippen LogP contribution in [0.25, 0.3) is 0 Å². The number of anilines is 1. The Balaban J connectivity index is 2.15. The molecule has 2 N–H and O–H groups in total. The number of hydrogen-bond acceptors (Lipinski definition) is 3. The van der Waals surface area contributed by atoms with Crippen molar-refractivity contribution in [2.45, 2.75) is 32.3 Å². The highest BCUT2D eigenvalue weighted by molar-refractivity contribution is 9.10. The molecule has 0 radical (unpaired) electrons. The lowest BCUT2D eigenvalue weighted by Crippen LogP contribution is -2.40. The van der Waals surface area contributed by atoms with Crippen molar-refractivity contribution in [1.82, 2.24) is 0 Å². The van der Waals surface area contributed by atoms with Crippen LogP contribution in [0.4, 0.5) is 5.69 Å². The van der Waals surface area contributed by atoms with E-state index in [9.17, 15) is 0 Å². The van der Waals surface area contributed by atoms with Gasteiger partial charge in [-0.15, -0.1) is 0 Å². The van der Waals surface area contributed by atoms with Crippen molar-refractivity contribution >= 4 is 21.6 Å². The Morgan fingerprint density at radius 1 is 1.47 bits per heavy atom. The van der Waals surface area contributed by atoms with Crippen molar-refractivity contribution in [2.75, 3.05) is 31.1 Å². The zero-order valence-electron chi connectivity index (χ0n) is 11.6. The zero-order valence-corrected chi connectivity index (χ0v) is 13.2. The molecule has 0 saturated carbocycles. The molecule has 1 unspecified atom stereocenters. The first-order chi connectivity index (χ1) is 9.24. The molecular formula is C15H23BrN2O. The van der Waals surface area contributed by atoms with Crippen molar-refractivity contribution in [3.8, 4) is 0 Å². The normalized spacial score (nSPS) is 19.7. The highest BCUT2D eigenvalue weighted by atomic mass is 79.9. The standard InChI is InChI=1S/C15H23BrN2O/c1-2-19-14-4-3-9-18(11-14)15-6-5-13(16)10-12(15)7-8-17/h5-6,10,14H,2-4,7-9,11,17H2,1H3. The third-order valence-corrected chi connectivity index (χ3v) is 4.07. The van der Waals surface area contributed by atoms with Crippen molar-refractivity contribution in [3.63, 3.8) is 0 Å². The molecule has 1 aliphatic heterocycles. The van der Waals surface area contributed by atoms with Crippen LogP contribution in [0.5, 0.6) is 0 Å². The van der Waals surface area contributed by atoms with Crippen LogP contribution >= 0.6 is 15.9 Å². The van der Waals surface area contributed by atoms with E-state index in [1.54, 1.807) is 0 Å². The fourth-order valence-electron chi connectivity index (χ4n) is 2.75. The summed E-state index contributed by atoms with van der Waals surface area (Å²) >= 11 is 3.54. The summed E-state index contributed by atoms with van der Waals surface area (Å²) in [6.07, 6.45) is 3.66. The topological polar surface area (TPSA) is 38.5 Å². The van der Waals surface area contributed by atoms with E-state index < -0.39 is 0 Å². The summed E-state index contributed by atoms with van der Waals surface area (Å²) in [5.74, 6) is 0. The summed E-state index contributed by atoms with van der Waals surface area (Å²) in [6, 6.07) is 6.50. The number of halogens is 1. The molecular weight excluding hydrogens is 304 g/mol. The number of rotatable bonds is 5. The summed E-state index contributed by atoms with van der Waals surface area (Å²) in [6.45, 7) is 5.66. The third kappa shape index (κ3) is 3.94. The Bertz CT molecular complexity index is 409. The maximum absolute atomic E-state index is 5.78. The summed E-state index contributed by atoms with van der Waals surface area (Å²) in [5.41, 5.74) is 8.37. The first-order valence-electron chi connectivity index (χ1n) is 7.09. The van der Waals surface area contributed by atoms with Crippen molar-refractivity contribution < 1.29 is 4.74 Å². The van der Waals surface area contributed by atoms with E-state index in [1.807, 2.05) is 0 Å². The molecule has 3 nitrogen and oxygen atoms in total. The average molecular weight is 327 g/mol. The number of benzene rings is 1. The number of nitrogens with zero attached hydrogens (tertiary/aromatic N) is 1. The first-order valence-corrected chi connectivity index (χ1v) is 7.89. The molecule has 0 aromatic heterocycles. The SMILES string of the molecule is CCOC1CCCN(c2ccc(Br)cc2CCN)C1. The molecule has 2 rings (SSSR count). The van der Waals surface area contributed by atoms with E-state index in [0.717, 1.165) is 30.6 Å². The van der Waals surface area contributed by atoms with Crippen LogP contribution in [0.15, 0.2) is 22.7 Å². The van der Waals surface area contributed by atoms with Gasteiger partial charge in [-0.3, -0.25) is 0 Å². The van der Waals surface area contributed by atoms with Gasteiger partial charge in [0.1, 0.15) is 0 Å². The number of hydrogen-bond donors (Lipinski definition) is 1. The molecule has 1 aliphatic rings. The number of ether oxygens (including phenoxy) is 1. The van der Waals surface area contributed by atoms with Gasteiger partial charge in [0.2, 0.25) is 0 Å². The maximum Gasteiger partial charge on any atom is 0.0750 e. The Kier molecular flexibility index (Phi) is 5.67. The summed E-state index contributed by atoms with van der Waals surface area (Å²) in [4.78, 5) is 2.45. The average Bonchev–Trinajstić information content (AvgIpc) is 2.40. The van der Waals surface area contributed by atoms with Gasteiger partial charge >= 0.3 is 0 Å². The molecule has 1 fully saturated rings. The molecule has 1 aromatic carbocycles. The van der Waals surface area contributed by atoms with Crippen LogP contribution in [0, 0.1) is 0 Å². The van der Waals surface area contributed by atoms with Crippen molar-refractivity contribution in [2.24, 2.45) is 5.73 Å².